The molecule has 2 N–H and O–H groups in total. The molecular formula is C15H16N2O3S. The van der Waals surface area contributed by atoms with Crippen LogP contribution >= 0.6 is 0 Å². The van der Waals surface area contributed by atoms with Gasteiger partial charge in [-0.3, -0.25) is 0 Å². The highest BCUT2D eigenvalue weighted by Gasteiger charge is 2.11. The second-order valence-electron chi connectivity index (χ2n) is 5.12. The van der Waals surface area contributed by atoms with E-state index in [-0.39, 0.29) is 4.90 Å². The highest BCUT2D eigenvalue weighted by molar-refractivity contribution is 7.89. The van der Waals surface area contributed by atoms with Gasteiger partial charge in [0, 0.05) is 6.07 Å². The summed E-state index contributed by atoms with van der Waals surface area (Å²) in [5.74, 6) is 1.06. The van der Waals surface area contributed by atoms with E-state index in [2.05, 4.69) is 11.1 Å². The molecule has 21 heavy (non-hydrogen) atoms. The number of pyridine rings is 1. The maximum Gasteiger partial charge on any atom is 0.239 e. The van der Waals surface area contributed by atoms with Crippen LogP contribution in [0.15, 0.2) is 41.4 Å². The Morgan fingerprint density at radius 1 is 1.05 bits per heavy atom. The van der Waals surface area contributed by atoms with Crippen LogP contribution in [-0.2, 0) is 22.9 Å². The van der Waals surface area contributed by atoms with Gasteiger partial charge in [-0.2, -0.15) is 0 Å². The van der Waals surface area contributed by atoms with Crippen LogP contribution < -0.4 is 9.88 Å². The smallest absolute Gasteiger partial charge is 0.239 e. The van der Waals surface area contributed by atoms with Gasteiger partial charge in [0.2, 0.25) is 15.9 Å². The van der Waals surface area contributed by atoms with E-state index in [4.69, 9.17) is 9.88 Å². The number of sulfonamides is 1. The van der Waals surface area contributed by atoms with E-state index in [0.29, 0.717) is 11.6 Å². The maximum atomic E-state index is 11.2. The van der Waals surface area contributed by atoms with Gasteiger partial charge in [-0.05, 0) is 55.0 Å². The molecule has 0 fully saturated rings. The Labute approximate surface area is 123 Å². The molecule has 0 unspecified atom stereocenters. The second-order valence-corrected chi connectivity index (χ2v) is 6.68. The summed E-state index contributed by atoms with van der Waals surface area (Å²) in [6.07, 6.45) is 5.84. The number of rotatable bonds is 3. The number of nitrogens with two attached hydrogens (primary N) is 1. The quantitative estimate of drug-likeness (QED) is 0.944. The molecule has 5 nitrogen and oxygen atoms in total. The van der Waals surface area contributed by atoms with E-state index in [0.717, 1.165) is 12.8 Å². The molecule has 0 bridgehead atoms. The molecule has 0 radical (unpaired) electrons. The predicted molar refractivity (Wildman–Crippen MR) is 78.8 cm³/mol. The van der Waals surface area contributed by atoms with E-state index in [1.165, 1.54) is 42.3 Å². The molecule has 110 valence electrons. The molecule has 1 aromatic heterocycles. The van der Waals surface area contributed by atoms with Gasteiger partial charge >= 0.3 is 0 Å². The van der Waals surface area contributed by atoms with Crippen LogP contribution in [0.25, 0.3) is 0 Å². The molecule has 0 spiro atoms. The van der Waals surface area contributed by atoms with Crippen molar-refractivity contribution >= 4 is 10.0 Å². The summed E-state index contributed by atoms with van der Waals surface area (Å²) in [4.78, 5) is 3.94. The summed E-state index contributed by atoms with van der Waals surface area (Å²) < 4.78 is 28.0. The molecule has 0 saturated heterocycles. The second kappa shape index (κ2) is 5.46. The van der Waals surface area contributed by atoms with Gasteiger partial charge in [-0.25, -0.2) is 18.5 Å². The number of primary sulfonamides is 1. The topological polar surface area (TPSA) is 82.3 Å². The Morgan fingerprint density at radius 3 is 2.48 bits per heavy atom. The van der Waals surface area contributed by atoms with Crippen molar-refractivity contribution in [3.63, 3.8) is 0 Å². The molecule has 0 amide bonds. The number of hydrogen-bond acceptors (Lipinski definition) is 4. The third-order valence-corrected chi connectivity index (χ3v) is 4.48. The van der Waals surface area contributed by atoms with Crippen LogP contribution in [-0.4, -0.2) is 13.4 Å². The zero-order valence-electron chi connectivity index (χ0n) is 11.5. The van der Waals surface area contributed by atoms with Crippen LogP contribution in [0.4, 0.5) is 0 Å². The zero-order valence-corrected chi connectivity index (χ0v) is 12.3. The fourth-order valence-electron chi connectivity index (χ4n) is 2.49. The molecule has 1 aliphatic rings. The van der Waals surface area contributed by atoms with Crippen molar-refractivity contribution in [1.29, 1.82) is 0 Å². The van der Waals surface area contributed by atoms with Crippen LogP contribution in [0.1, 0.15) is 24.0 Å². The van der Waals surface area contributed by atoms with E-state index >= 15 is 0 Å². The summed E-state index contributed by atoms with van der Waals surface area (Å²) in [7, 11) is -3.72. The molecule has 1 aliphatic carbocycles. The molecule has 1 aromatic carbocycles. The van der Waals surface area contributed by atoms with Crippen LogP contribution in [0.5, 0.6) is 11.6 Å². The van der Waals surface area contributed by atoms with E-state index < -0.39 is 10.0 Å². The summed E-state index contributed by atoms with van der Waals surface area (Å²) in [6, 6.07) is 8.92. The molecule has 2 aromatic rings. The lowest BCUT2D eigenvalue weighted by Crippen LogP contribution is -2.12. The monoisotopic (exact) mass is 304 g/mol. The number of fused-ring (bicyclic) bond motifs is 1. The molecule has 3 rings (SSSR count). The number of ether oxygens (including phenoxy) is 1. The van der Waals surface area contributed by atoms with E-state index in [9.17, 15) is 8.42 Å². The van der Waals surface area contributed by atoms with Gasteiger partial charge < -0.3 is 4.74 Å². The summed E-state index contributed by atoms with van der Waals surface area (Å²) in [5, 5.41) is 5.03. The minimum atomic E-state index is -3.72. The van der Waals surface area contributed by atoms with Gasteiger partial charge in [0.15, 0.2) is 0 Å². The number of hydrogen-bond donors (Lipinski definition) is 1. The number of aromatic nitrogens is 1. The highest BCUT2D eigenvalue weighted by atomic mass is 32.2. The predicted octanol–water partition coefficient (Wildman–Crippen LogP) is 2.40. The number of benzene rings is 1. The van der Waals surface area contributed by atoms with Crippen LogP contribution in [0, 0.1) is 0 Å². The van der Waals surface area contributed by atoms with Crippen LogP contribution in [0.2, 0.25) is 0 Å². The summed E-state index contributed by atoms with van der Waals surface area (Å²) in [6.45, 7) is 0. The van der Waals surface area contributed by atoms with E-state index in [1.54, 1.807) is 0 Å². The summed E-state index contributed by atoms with van der Waals surface area (Å²) in [5.41, 5.74) is 2.70. The number of aryl methyl sites for hydroxylation is 2. The molecule has 0 saturated carbocycles. The molecular weight excluding hydrogens is 288 g/mol. The van der Waals surface area contributed by atoms with Gasteiger partial charge in [0.25, 0.3) is 0 Å². The SMILES string of the molecule is NS(=O)(=O)c1ccc(Oc2ccc3c(c2)CCCC3)nc1. The normalized spacial score (nSPS) is 14.5. The fraction of sp³-hybridized carbons (Fsp3) is 0.267. The first-order valence-corrected chi connectivity index (χ1v) is 8.35. The van der Waals surface area contributed by atoms with Gasteiger partial charge in [0.05, 0.1) is 6.20 Å². The third-order valence-electron chi connectivity index (χ3n) is 3.58. The summed E-state index contributed by atoms with van der Waals surface area (Å²) >= 11 is 0. The van der Waals surface area contributed by atoms with Crippen molar-refractivity contribution in [2.45, 2.75) is 30.6 Å². The Bertz CT molecular complexity index is 755. The van der Waals surface area contributed by atoms with Crippen molar-refractivity contribution in [3.05, 3.63) is 47.7 Å². The lowest BCUT2D eigenvalue weighted by molar-refractivity contribution is 0.460. The van der Waals surface area contributed by atoms with E-state index in [1.807, 2.05) is 12.1 Å². The van der Waals surface area contributed by atoms with Gasteiger partial charge in [-0.15, -0.1) is 0 Å². The first-order chi connectivity index (χ1) is 10.0. The third kappa shape index (κ3) is 3.22. The average molecular weight is 304 g/mol. The fourth-order valence-corrected chi connectivity index (χ4v) is 2.95. The highest BCUT2D eigenvalue weighted by Crippen LogP contribution is 2.27. The number of nitrogens with zero attached hydrogens (tertiary/aromatic N) is 1. The Kier molecular flexibility index (Phi) is 3.65. The Hall–Kier alpha value is -1.92. The minimum Gasteiger partial charge on any atom is -0.439 e. The molecule has 0 atom stereocenters. The average Bonchev–Trinajstić information content (AvgIpc) is 2.47. The van der Waals surface area contributed by atoms with Crippen molar-refractivity contribution in [2.24, 2.45) is 5.14 Å². The maximum absolute atomic E-state index is 11.2. The Morgan fingerprint density at radius 2 is 1.81 bits per heavy atom. The van der Waals surface area contributed by atoms with Crippen molar-refractivity contribution in [1.82, 2.24) is 4.98 Å². The molecule has 1 heterocycles. The molecule has 0 aliphatic heterocycles. The Balaban J connectivity index is 1.80. The van der Waals surface area contributed by atoms with Crippen LogP contribution in [0.3, 0.4) is 0 Å². The minimum absolute atomic E-state index is 0.0275. The lowest BCUT2D eigenvalue weighted by Gasteiger charge is -2.16. The largest absolute Gasteiger partial charge is 0.439 e. The van der Waals surface area contributed by atoms with Crippen molar-refractivity contribution < 1.29 is 13.2 Å². The molecule has 6 heteroatoms. The zero-order chi connectivity index (χ0) is 14.9. The van der Waals surface area contributed by atoms with Crippen molar-refractivity contribution in [3.8, 4) is 11.6 Å². The van der Waals surface area contributed by atoms with Gasteiger partial charge in [-0.1, -0.05) is 6.07 Å². The first-order valence-electron chi connectivity index (χ1n) is 6.81. The lowest BCUT2D eigenvalue weighted by atomic mass is 9.92. The van der Waals surface area contributed by atoms with Crippen molar-refractivity contribution in [2.75, 3.05) is 0 Å². The standard InChI is InChI=1S/C15H16N2O3S/c16-21(18,19)14-7-8-15(17-10-14)20-13-6-5-11-3-1-2-4-12(11)9-13/h5-10H,1-4H2,(H2,16,18,19). The van der Waals surface area contributed by atoms with Gasteiger partial charge in [0.1, 0.15) is 10.6 Å². The first kappa shape index (κ1) is 14.0.